The molecule has 0 aliphatic heterocycles. The van der Waals surface area contributed by atoms with Gasteiger partial charge in [0.05, 0.1) is 8.07 Å². The van der Waals surface area contributed by atoms with Gasteiger partial charge in [0.25, 0.3) is 0 Å². The van der Waals surface area contributed by atoms with Crippen LogP contribution in [0.3, 0.4) is 0 Å². The second-order valence-corrected chi connectivity index (χ2v) is 17.9. The van der Waals surface area contributed by atoms with Crippen LogP contribution in [0.1, 0.15) is 89.5 Å². The lowest BCUT2D eigenvalue weighted by Crippen LogP contribution is -2.51. The van der Waals surface area contributed by atoms with E-state index in [4.69, 9.17) is 0 Å². The molecule has 3 aliphatic rings. The molecule has 1 heteroatoms. The number of hydrogen-bond acceptors (Lipinski definition) is 0. The Kier molecular flexibility index (Phi) is 5.25. The zero-order valence-electron chi connectivity index (χ0n) is 22.2. The van der Waals surface area contributed by atoms with E-state index in [-0.39, 0.29) is 10.8 Å². The molecule has 0 nitrogen and oxygen atoms in total. The molecule has 1 unspecified atom stereocenters. The molecule has 0 saturated carbocycles. The summed E-state index contributed by atoms with van der Waals surface area (Å²) in [5.74, 6) is 0. The Morgan fingerprint density at radius 2 is 1.52 bits per heavy atom. The van der Waals surface area contributed by atoms with Crippen molar-refractivity contribution in [3.8, 4) is 11.1 Å². The quantitative estimate of drug-likeness (QED) is 0.340. The van der Waals surface area contributed by atoms with Crippen molar-refractivity contribution in [2.75, 3.05) is 0 Å². The summed E-state index contributed by atoms with van der Waals surface area (Å²) in [5, 5.41) is 1.76. The fourth-order valence-electron chi connectivity index (χ4n) is 6.76. The number of hydrogen-bond donors (Lipinski definition) is 0. The minimum Gasteiger partial charge on any atom is -0.0794 e. The first-order valence-electron chi connectivity index (χ1n) is 13.1. The van der Waals surface area contributed by atoms with E-state index in [9.17, 15) is 0 Å². The summed E-state index contributed by atoms with van der Waals surface area (Å²) < 4.78 is 0. The van der Waals surface area contributed by atoms with Crippen LogP contribution in [0.15, 0.2) is 53.6 Å². The second kappa shape index (κ2) is 7.57. The normalized spacial score (nSPS) is 20.2. The van der Waals surface area contributed by atoms with Crippen molar-refractivity contribution in [1.82, 2.24) is 0 Å². The molecule has 2 aromatic rings. The molecule has 0 bridgehead atoms. The number of allylic oxidation sites excluding steroid dienone is 4. The molecule has 0 saturated heterocycles. The Hall–Kier alpha value is -1.86. The average molecular weight is 455 g/mol. The highest BCUT2D eigenvalue weighted by molar-refractivity contribution is 6.92. The van der Waals surface area contributed by atoms with E-state index < -0.39 is 8.07 Å². The van der Waals surface area contributed by atoms with E-state index in [1.165, 1.54) is 47.9 Å². The van der Waals surface area contributed by atoms with Crippen molar-refractivity contribution in [2.24, 2.45) is 0 Å². The molecule has 0 heterocycles. The van der Waals surface area contributed by atoms with Gasteiger partial charge in [-0.05, 0) is 87.4 Å². The van der Waals surface area contributed by atoms with Gasteiger partial charge in [-0.1, -0.05) is 108 Å². The Morgan fingerprint density at radius 1 is 0.818 bits per heavy atom. The molecule has 174 valence electrons. The largest absolute Gasteiger partial charge is 0.0923 e. The zero-order valence-corrected chi connectivity index (χ0v) is 23.2. The average Bonchev–Trinajstić information content (AvgIpc) is 3.32. The number of fused-ring (bicyclic) bond motifs is 3. The smallest absolute Gasteiger partial charge is 0.0794 e. The Labute approximate surface area is 203 Å². The minimum absolute atomic E-state index is 0.159. The highest BCUT2D eigenvalue weighted by Gasteiger charge is 2.43. The molecular formula is C32H42Si. The number of benzene rings is 2. The van der Waals surface area contributed by atoms with Crippen LogP contribution in [0.5, 0.6) is 0 Å². The van der Waals surface area contributed by atoms with E-state index in [2.05, 4.69) is 97.1 Å². The second-order valence-electron chi connectivity index (χ2n) is 13.4. The maximum Gasteiger partial charge on any atom is 0.0923 e. The van der Waals surface area contributed by atoms with Gasteiger partial charge in [0.15, 0.2) is 0 Å². The van der Waals surface area contributed by atoms with Gasteiger partial charge in [0.1, 0.15) is 0 Å². The van der Waals surface area contributed by atoms with Crippen LogP contribution in [-0.4, -0.2) is 8.07 Å². The zero-order chi connectivity index (χ0) is 23.8. The standard InChI is InChI=1S/C32H42Si/c1-31(2,3)23-14-15-24-22(19-23)20-27-26(24)16-17-28(32(4,5)6)30(27)33(7,8)29-18-13-21-11-9-10-12-25(21)29/h13-19,29H,9-12,20H2,1-8H3. The third kappa shape index (κ3) is 3.72. The Morgan fingerprint density at radius 3 is 2.21 bits per heavy atom. The summed E-state index contributed by atoms with van der Waals surface area (Å²) in [5.41, 5.74) is 13.7. The summed E-state index contributed by atoms with van der Waals surface area (Å²) in [6.07, 6.45) is 11.6. The van der Waals surface area contributed by atoms with E-state index >= 15 is 0 Å². The fourth-order valence-corrected chi connectivity index (χ4v) is 11.0. The summed E-state index contributed by atoms with van der Waals surface area (Å²) in [7, 11) is -1.80. The molecule has 0 fully saturated rings. The molecule has 5 rings (SSSR count). The molecule has 2 aromatic carbocycles. The van der Waals surface area contributed by atoms with Crippen molar-refractivity contribution in [3.63, 3.8) is 0 Å². The van der Waals surface area contributed by atoms with Crippen LogP contribution in [0, 0.1) is 0 Å². The summed E-state index contributed by atoms with van der Waals surface area (Å²) >= 11 is 0. The fraction of sp³-hybridized carbons (Fsp3) is 0.500. The highest BCUT2D eigenvalue weighted by atomic mass is 28.3. The van der Waals surface area contributed by atoms with Crippen LogP contribution >= 0.6 is 0 Å². The van der Waals surface area contributed by atoms with Crippen molar-refractivity contribution in [2.45, 2.75) is 103 Å². The van der Waals surface area contributed by atoms with Crippen LogP contribution in [-0.2, 0) is 17.3 Å². The van der Waals surface area contributed by atoms with Crippen molar-refractivity contribution in [1.29, 1.82) is 0 Å². The SMILES string of the molecule is CC(C)(C)c1ccc2c(c1)Cc1c-2ccc(C(C)(C)C)c1[Si](C)(C)C1C=CC2=C1CCCC2. The molecule has 1 atom stereocenters. The van der Waals surface area contributed by atoms with E-state index in [0.29, 0.717) is 5.54 Å². The van der Waals surface area contributed by atoms with Gasteiger partial charge in [-0.3, -0.25) is 0 Å². The molecule has 0 N–H and O–H groups in total. The van der Waals surface area contributed by atoms with Crippen molar-refractivity contribution < 1.29 is 0 Å². The van der Waals surface area contributed by atoms with Gasteiger partial charge in [-0.25, -0.2) is 0 Å². The van der Waals surface area contributed by atoms with Gasteiger partial charge in [-0.15, -0.1) is 0 Å². The maximum atomic E-state index is 2.67. The Bertz CT molecular complexity index is 1170. The summed E-state index contributed by atoms with van der Waals surface area (Å²) in [6, 6.07) is 12.2. The van der Waals surface area contributed by atoms with Gasteiger partial charge in [-0.2, -0.15) is 0 Å². The van der Waals surface area contributed by atoms with Crippen LogP contribution in [0.25, 0.3) is 11.1 Å². The summed E-state index contributed by atoms with van der Waals surface area (Å²) in [6.45, 7) is 19.6. The van der Waals surface area contributed by atoms with Crippen molar-refractivity contribution >= 4 is 13.3 Å². The van der Waals surface area contributed by atoms with Crippen LogP contribution in [0.2, 0.25) is 18.6 Å². The first kappa shape index (κ1) is 22.9. The molecular weight excluding hydrogens is 412 g/mol. The monoisotopic (exact) mass is 454 g/mol. The minimum atomic E-state index is -1.80. The van der Waals surface area contributed by atoms with Crippen molar-refractivity contribution in [3.05, 3.63) is 75.9 Å². The predicted octanol–water partition coefficient (Wildman–Crippen LogP) is 8.58. The first-order chi connectivity index (χ1) is 15.4. The molecule has 0 amide bonds. The van der Waals surface area contributed by atoms with Gasteiger partial charge < -0.3 is 0 Å². The lowest BCUT2D eigenvalue weighted by atomic mass is 9.84. The van der Waals surface area contributed by atoms with Crippen LogP contribution < -0.4 is 5.19 Å². The molecule has 3 aliphatic carbocycles. The molecule has 0 aromatic heterocycles. The topological polar surface area (TPSA) is 0 Å². The van der Waals surface area contributed by atoms with Gasteiger partial charge in [0.2, 0.25) is 0 Å². The third-order valence-corrected chi connectivity index (χ3v) is 12.5. The lowest BCUT2D eigenvalue weighted by Gasteiger charge is -2.39. The molecule has 33 heavy (non-hydrogen) atoms. The Balaban J connectivity index is 1.68. The molecule has 0 spiro atoms. The maximum absolute atomic E-state index is 2.67. The van der Waals surface area contributed by atoms with Crippen LogP contribution in [0.4, 0.5) is 0 Å². The molecule has 0 radical (unpaired) electrons. The number of rotatable bonds is 2. The highest BCUT2D eigenvalue weighted by Crippen LogP contribution is 2.47. The third-order valence-electron chi connectivity index (χ3n) is 8.59. The van der Waals surface area contributed by atoms with Gasteiger partial charge >= 0.3 is 0 Å². The first-order valence-corrected chi connectivity index (χ1v) is 16.2. The van der Waals surface area contributed by atoms with Gasteiger partial charge in [0, 0.05) is 0 Å². The van der Waals surface area contributed by atoms with E-state index in [1.54, 1.807) is 27.5 Å². The lowest BCUT2D eigenvalue weighted by molar-refractivity contribution is 0.589. The van der Waals surface area contributed by atoms with E-state index in [0.717, 1.165) is 6.42 Å². The summed E-state index contributed by atoms with van der Waals surface area (Å²) in [4.78, 5) is 0. The van der Waals surface area contributed by atoms with E-state index in [1.807, 2.05) is 0 Å². The predicted molar refractivity (Wildman–Crippen MR) is 148 cm³/mol.